The van der Waals surface area contributed by atoms with Gasteiger partial charge < -0.3 is 10.1 Å². The lowest BCUT2D eigenvalue weighted by atomic mass is 10.1. The number of aromatic amines is 1. The molecule has 5 heteroatoms. The van der Waals surface area contributed by atoms with E-state index in [2.05, 4.69) is 61.1 Å². The second kappa shape index (κ2) is 7.09. The van der Waals surface area contributed by atoms with E-state index in [4.69, 9.17) is 4.98 Å². The molecule has 0 bridgehead atoms. The van der Waals surface area contributed by atoms with Gasteiger partial charge in [-0.05, 0) is 44.0 Å². The molecule has 0 spiro atoms. The van der Waals surface area contributed by atoms with Gasteiger partial charge in [0.05, 0.1) is 20.3 Å². The molecule has 0 aliphatic rings. The Morgan fingerprint density at radius 2 is 1.27 bits per heavy atom. The van der Waals surface area contributed by atoms with E-state index in [1.807, 2.05) is 48.5 Å². The zero-order valence-corrected chi connectivity index (χ0v) is 16.8. The maximum atomic E-state index is 9.97. The van der Waals surface area contributed by atoms with Crippen LogP contribution in [0.4, 0.5) is 0 Å². The molecule has 2 N–H and O–H groups in total. The summed E-state index contributed by atoms with van der Waals surface area (Å²) in [4.78, 5) is 8.31. The normalized spacial score (nSPS) is 10.8. The molecule has 26 heavy (non-hydrogen) atoms. The molecule has 3 nitrogen and oxygen atoms in total. The quantitative estimate of drug-likeness (QED) is 0.353. The molecule has 4 rings (SSSR count). The van der Waals surface area contributed by atoms with E-state index in [1.54, 1.807) is 0 Å². The first-order chi connectivity index (χ1) is 12.6. The van der Waals surface area contributed by atoms with E-state index in [-0.39, 0.29) is 5.75 Å². The minimum atomic E-state index is 0.173. The molecule has 0 fully saturated rings. The summed E-state index contributed by atoms with van der Waals surface area (Å²) in [5.41, 5.74) is 4.85. The molecule has 0 saturated heterocycles. The lowest BCUT2D eigenvalue weighted by Crippen LogP contribution is -1.83. The Kier molecular flexibility index (Phi) is 4.66. The highest BCUT2D eigenvalue weighted by atomic mass is 79.9. The number of nitrogens with zero attached hydrogens (tertiary/aromatic N) is 1. The molecular formula is C21H14Br2N2O. The van der Waals surface area contributed by atoms with E-state index in [9.17, 15) is 5.11 Å². The number of halogens is 2. The summed E-state index contributed by atoms with van der Waals surface area (Å²) >= 11 is 6.78. The Balaban J connectivity index is 1.92. The van der Waals surface area contributed by atoms with E-state index in [0.29, 0.717) is 8.95 Å². The zero-order valence-electron chi connectivity index (χ0n) is 13.6. The van der Waals surface area contributed by atoms with Gasteiger partial charge in [0.2, 0.25) is 0 Å². The molecule has 0 aliphatic carbocycles. The number of nitrogens with one attached hydrogen (secondary N) is 1. The lowest BCUT2D eigenvalue weighted by molar-refractivity contribution is 0.468. The Bertz CT molecular complexity index is 980. The average molecular weight is 470 g/mol. The molecule has 1 aromatic heterocycles. The first-order valence-electron chi connectivity index (χ1n) is 8.02. The van der Waals surface area contributed by atoms with Crippen LogP contribution in [0.15, 0.2) is 81.7 Å². The second-order valence-electron chi connectivity index (χ2n) is 5.83. The van der Waals surface area contributed by atoms with Crippen molar-refractivity contribution in [2.24, 2.45) is 0 Å². The molecule has 1 heterocycles. The summed E-state index contributed by atoms with van der Waals surface area (Å²) in [7, 11) is 0. The average Bonchev–Trinajstić information content (AvgIpc) is 3.12. The fourth-order valence-corrected chi connectivity index (χ4v) is 4.02. The number of rotatable bonds is 3. The summed E-state index contributed by atoms with van der Waals surface area (Å²) in [6.45, 7) is 0. The standard InChI is InChI=1S/C21H14Br2N2O/c22-16-11-15(12-17(23)20(16)26)21-24-18(13-7-3-1-4-8-13)19(25-21)14-9-5-2-6-10-14/h1-12,26H,(H,24,25). The van der Waals surface area contributed by atoms with Crippen molar-refractivity contribution in [2.45, 2.75) is 0 Å². The molecule has 4 aromatic rings. The maximum absolute atomic E-state index is 9.97. The predicted octanol–water partition coefficient (Wildman–Crippen LogP) is 6.64. The minimum Gasteiger partial charge on any atom is -0.506 e. The van der Waals surface area contributed by atoms with Crippen molar-refractivity contribution in [1.29, 1.82) is 0 Å². The zero-order chi connectivity index (χ0) is 18.1. The predicted molar refractivity (Wildman–Crippen MR) is 112 cm³/mol. The monoisotopic (exact) mass is 468 g/mol. The molecule has 0 aliphatic heterocycles. The number of phenolic OH excluding ortho intramolecular Hbond substituents is 1. The molecule has 128 valence electrons. The van der Waals surface area contributed by atoms with Gasteiger partial charge in [-0.2, -0.15) is 0 Å². The maximum Gasteiger partial charge on any atom is 0.143 e. The van der Waals surface area contributed by atoms with Crippen molar-refractivity contribution < 1.29 is 5.11 Å². The van der Waals surface area contributed by atoms with E-state index in [0.717, 1.165) is 33.9 Å². The largest absolute Gasteiger partial charge is 0.506 e. The lowest BCUT2D eigenvalue weighted by Gasteiger charge is -2.03. The smallest absolute Gasteiger partial charge is 0.143 e. The van der Waals surface area contributed by atoms with Crippen molar-refractivity contribution in [3.63, 3.8) is 0 Å². The highest BCUT2D eigenvalue weighted by molar-refractivity contribution is 9.11. The van der Waals surface area contributed by atoms with E-state index < -0.39 is 0 Å². The first-order valence-corrected chi connectivity index (χ1v) is 9.61. The fourth-order valence-electron chi connectivity index (χ4n) is 2.83. The topological polar surface area (TPSA) is 48.9 Å². The number of aromatic hydroxyl groups is 1. The van der Waals surface area contributed by atoms with Crippen LogP contribution in [-0.4, -0.2) is 15.1 Å². The number of hydrogen-bond acceptors (Lipinski definition) is 2. The van der Waals surface area contributed by atoms with Crippen LogP contribution in [-0.2, 0) is 0 Å². The Morgan fingerprint density at radius 1 is 0.731 bits per heavy atom. The molecule has 0 amide bonds. The van der Waals surface area contributed by atoms with E-state index in [1.165, 1.54) is 0 Å². The van der Waals surface area contributed by atoms with Crippen molar-refractivity contribution >= 4 is 31.9 Å². The van der Waals surface area contributed by atoms with Gasteiger partial charge in [0.1, 0.15) is 11.6 Å². The first kappa shape index (κ1) is 17.1. The third-order valence-corrected chi connectivity index (χ3v) is 5.31. The van der Waals surface area contributed by atoms with Gasteiger partial charge in [-0.25, -0.2) is 4.98 Å². The van der Waals surface area contributed by atoms with Crippen LogP contribution < -0.4 is 0 Å². The van der Waals surface area contributed by atoms with E-state index >= 15 is 0 Å². The second-order valence-corrected chi connectivity index (χ2v) is 7.54. The molecular weight excluding hydrogens is 456 g/mol. The number of imidazole rings is 1. The minimum absolute atomic E-state index is 0.173. The van der Waals surface area contributed by atoms with Crippen LogP contribution >= 0.6 is 31.9 Å². The van der Waals surface area contributed by atoms with Crippen LogP contribution in [0.2, 0.25) is 0 Å². The molecule has 3 aromatic carbocycles. The Hall–Kier alpha value is -2.37. The van der Waals surface area contributed by atoms with Crippen molar-refractivity contribution in [1.82, 2.24) is 9.97 Å². The van der Waals surface area contributed by atoms with Gasteiger partial charge in [-0.3, -0.25) is 0 Å². The van der Waals surface area contributed by atoms with Gasteiger partial charge >= 0.3 is 0 Å². The SMILES string of the molecule is Oc1c(Br)cc(-c2nc(-c3ccccc3)c(-c3ccccc3)[nH]2)cc1Br. The van der Waals surface area contributed by atoms with Crippen molar-refractivity contribution in [3.05, 3.63) is 81.7 Å². The van der Waals surface area contributed by atoms with Gasteiger partial charge in [-0.15, -0.1) is 0 Å². The molecule has 0 atom stereocenters. The van der Waals surface area contributed by atoms with Gasteiger partial charge in [-0.1, -0.05) is 60.7 Å². The highest BCUT2D eigenvalue weighted by Gasteiger charge is 2.16. The van der Waals surface area contributed by atoms with Crippen molar-refractivity contribution in [2.75, 3.05) is 0 Å². The van der Waals surface area contributed by atoms with Crippen LogP contribution in [0.5, 0.6) is 5.75 Å². The fraction of sp³-hybridized carbons (Fsp3) is 0. The van der Waals surface area contributed by atoms with Gasteiger partial charge in [0.15, 0.2) is 0 Å². The van der Waals surface area contributed by atoms with Gasteiger partial charge in [0.25, 0.3) is 0 Å². The molecule has 0 unspecified atom stereocenters. The Labute approximate surface area is 168 Å². The van der Waals surface area contributed by atoms with Gasteiger partial charge in [0, 0.05) is 16.7 Å². The third kappa shape index (κ3) is 3.20. The summed E-state index contributed by atoms with van der Waals surface area (Å²) in [5, 5.41) is 9.97. The number of hydrogen-bond donors (Lipinski definition) is 2. The highest BCUT2D eigenvalue weighted by Crippen LogP contribution is 2.38. The van der Waals surface area contributed by atoms with Crippen LogP contribution in [0.1, 0.15) is 0 Å². The molecule has 0 saturated carbocycles. The number of benzene rings is 3. The van der Waals surface area contributed by atoms with Crippen LogP contribution in [0, 0.1) is 0 Å². The van der Waals surface area contributed by atoms with Crippen molar-refractivity contribution in [3.8, 4) is 39.7 Å². The Morgan fingerprint density at radius 3 is 1.85 bits per heavy atom. The third-order valence-electron chi connectivity index (χ3n) is 4.10. The number of phenols is 1. The summed E-state index contributed by atoms with van der Waals surface area (Å²) in [6, 6.07) is 24.0. The number of aromatic nitrogens is 2. The van der Waals surface area contributed by atoms with Crippen LogP contribution in [0.25, 0.3) is 33.9 Å². The van der Waals surface area contributed by atoms with Crippen LogP contribution in [0.3, 0.4) is 0 Å². The summed E-state index contributed by atoms with van der Waals surface area (Å²) < 4.78 is 1.22. The summed E-state index contributed by atoms with van der Waals surface area (Å²) in [5.74, 6) is 0.913. The number of H-pyrrole nitrogens is 1. The molecule has 0 radical (unpaired) electrons. The summed E-state index contributed by atoms with van der Waals surface area (Å²) in [6.07, 6.45) is 0.